The molecule has 3 aliphatic carbocycles. The minimum absolute atomic E-state index is 0.492. The fourth-order valence-corrected chi connectivity index (χ4v) is 10.3. The topological polar surface area (TPSA) is 38.9 Å². The Hall–Kier alpha value is -7.10. The third kappa shape index (κ3) is 3.89. The summed E-state index contributed by atoms with van der Waals surface area (Å²) >= 11 is 0. The monoisotopic (exact) mass is 700 g/mol. The van der Waals surface area contributed by atoms with Crippen molar-refractivity contribution in [2.24, 2.45) is 0 Å². The van der Waals surface area contributed by atoms with Gasteiger partial charge in [0.25, 0.3) is 0 Å². The van der Waals surface area contributed by atoms with E-state index >= 15 is 0 Å². The third-order valence-corrected chi connectivity index (χ3v) is 12.4. The lowest BCUT2D eigenvalue weighted by Crippen LogP contribution is -2.43. The van der Waals surface area contributed by atoms with E-state index in [1.807, 2.05) is 30.3 Å². The van der Waals surface area contributed by atoms with Gasteiger partial charge in [0.2, 0.25) is 11.8 Å². The molecule has 0 N–H and O–H groups in total. The lowest BCUT2D eigenvalue weighted by atomic mass is 9.52. The zero-order valence-electron chi connectivity index (χ0n) is 29.8. The fourth-order valence-electron chi connectivity index (χ4n) is 10.3. The number of benzene rings is 8. The van der Waals surface area contributed by atoms with Crippen LogP contribution in [0.3, 0.4) is 0 Å². The highest BCUT2D eigenvalue weighted by atomic mass is 16.4. The molecule has 0 amide bonds. The Labute approximate surface area is 319 Å². The predicted molar refractivity (Wildman–Crippen MR) is 219 cm³/mol. The fraction of sp³-hybridized carbons (Fsp3) is 0.0385. The van der Waals surface area contributed by atoms with Gasteiger partial charge in [0, 0.05) is 11.1 Å². The molecule has 2 spiro atoms. The quantitative estimate of drug-likeness (QED) is 0.184. The smallest absolute Gasteiger partial charge is 0.248 e. The lowest BCUT2D eigenvalue weighted by Gasteiger charge is -2.49. The van der Waals surface area contributed by atoms with Crippen molar-refractivity contribution in [1.29, 1.82) is 0 Å². The summed E-state index contributed by atoms with van der Waals surface area (Å²) in [6, 6.07) is 71.2. The third-order valence-electron chi connectivity index (χ3n) is 12.4. The van der Waals surface area contributed by atoms with Crippen LogP contribution >= 0.6 is 0 Å². The molecule has 8 aromatic carbocycles. The van der Waals surface area contributed by atoms with E-state index in [1.165, 1.54) is 66.8 Å². The van der Waals surface area contributed by atoms with Gasteiger partial charge in [-0.2, -0.15) is 0 Å². The second kappa shape index (κ2) is 11.2. The molecule has 3 nitrogen and oxygen atoms in total. The summed E-state index contributed by atoms with van der Waals surface area (Å²) in [6.07, 6.45) is 0. The first-order chi connectivity index (χ1) is 27.3. The summed E-state index contributed by atoms with van der Waals surface area (Å²) < 4.78 is 6.13. The molecule has 9 aromatic rings. The first kappa shape index (κ1) is 30.4. The molecule has 0 saturated carbocycles. The molecular formula is C52H32N2O. The molecule has 3 aliphatic rings. The second-order valence-electron chi connectivity index (χ2n) is 14.8. The van der Waals surface area contributed by atoms with Crippen LogP contribution in [0.4, 0.5) is 0 Å². The van der Waals surface area contributed by atoms with Crippen LogP contribution in [-0.4, -0.2) is 10.2 Å². The number of aromatic nitrogens is 2. The zero-order valence-corrected chi connectivity index (χ0v) is 29.8. The van der Waals surface area contributed by atoms with Gasteiger partial charge >= 0.3 is 0 Å². The molecule has 3 heteroatoms. The molecule has 12 rings (SSSR count). The Morgan fingerprint density at radius 3 is 1.11 bits per heavy atom. The average Bonchev–Trinajstić information content (AvgIpc) is 3.95. The van der Waals surface area contributed by atoms with Gasteiger partial charge in [0.15, 0.2) is 0 Å². The van der Waals surface area contributed by atoms with E-state index in [4.69, 9.17) is 4.42 Å². The highest BCUT2D eigenvalue weighted by Gasteiger charge is 2.58. The molecular weight excluding hydrogens is 669 g/mol. The largest absolute Gasteiger partial charge is 0.416 e. The van der Waals surface area contributed by atoms with Gasteiger partial charge in [0.1, 0.15) is 0 Å². The van der Waals surface area contributed by atoms with Gasteiger partial charge in [-0.1, -0.05) is 164 Å². The number of nitrogens with zero attached hydrogens (tertiary/aromatic N) is 2. The number of rotatable bonds is 3. The second-order valence-corrected chi connectivity index (χ2v) is 14.8. The maximum Gasteiger partial charge on any atom is 0.248 e. The minimum atomic E-state index is -0.523. The Kier molecular flexibility index (Phi) is 6.19. The molecule has 1 aromatic heterocycles. The van der Waals surface area contributed by atoms with E-state index in [0.717, 1.165) is 22.3 Å². The molecule has 1 heterocycles. The van der Waals surface area contributed by atoms with Crippen molar-refractivity contribution in [1.82, 2.24) is 10.2 Å². The standard InChI is InChI=1S/C52H32N2O/c1-2-14-34(15-3-1)49-53-54-50(55-49)35-28-26-33(27-29-35)36-30-31-47-48(32-36)52(43-22-10-6-18-39(43)40-19-7-11-23-44(40)52)46-25-13-12-24-45(46)51(47)41-20-8-4-16-37(41)38-17-5-9-21-42(38)51/h1-32H. The SMILES string of the molecule is c1ccc(-c2nnc(-c3ccc(-c4ccc5c(c4)C4(c6ccccc6-c6ccccc64)c4ccccc4C54c5ccccc5-c5ccccc54)cc3)o2)cc1. The van der Waals surface area contributed by atoms with E-state index in [9.17, 15) is 0 Å². The summed E-state index contributed by atoms with van der Waals surface area (Å²) in [5, 5.41) is 8.73. The van der Waals surface area contributed by atoms with Crippen LogP contribution in [0.2, 0.25) is 0 Å². The van der Waals surface area contributed by atoms with Crippen LogP contribution in [-0.2, 0) is 10.8 Å². The summed E-state index contributed by atoms with van der Waals surface area (Å²) in [5.74, 6) is 1.02. The Balaban J connectivity index is 1.13. The summed E-state index contributed by atoms with van der Waals surface area (Å²) in [4.78, 5) is 0. The van der Waals surface area contributed by atoms with E-state index in [-0.39, 0.29) is 0 Å². The lowest BCUT2D eigenvalue weighted by molar-refractivity contribution is 0.584. The van der Waals surface area contributed by atoms with Crippen molar-refractivity contribution >= 4 is 0 Å². The summed E-state index contributed by atoms with van der Waals surface area (Å²) in [5.41, 5.74) is 18.9. The maximum absolute atomic E-state index is 6.13. The van der Waals surface area contributed by atoms with Crippen LogP contribution in [0.25, 0.3) is 56.3 Å². The molecule has 0 saturated heterocycles. The molecule has 0 bridgehead atoms. The first-order valence-electron chi connectivity index (χ1n) is 18.9. The highest BCUT2D eigenvalue weighted by molar-refractivity contribution is 5.94. The van der Waals surface area contributed by atoms with Gasteiger partial charge < -0.3 is 4.42 Å². The molecule has 0 radical (unpaired) electrons. The normalized spacial score (nSPS) is 14.5. The van der Waals surface area contributed by atoms with Gasteiger partial charge in [0.05, 0.1) is 10.8 Å². The molecule has 0 fully saturated rings. The molecule has 0 aliphatic heterocycles. The number of hydrogen-bond donors (Lipinski definition) is 0. The Bertz CT molecular complexity index is 2900. The van der Waals surface area contributed by atoms with E-state index in [0.29, 0.717) is 11.8 Å². The van der Waals surface area contributed by atoms with E-state index in [2.05, 4.69) is 174 Å². The number of fused-ring (bicyclic) bond motifs is 16. The van der Waals surface area contributed by atoms with Crippen molar-refractivity contribution in [3.8, 4) is 56.3 Å². The van der Waals surface area contributed by atoms with Crippen LogP contribution in [0.15, 0.2) is 199 Å². The van der Waals surface area contributed by atoms with Gasteiger partial charge in [-0.3, -0.25) is 0 Å². The average molecular weight is 701 g/mol. The molecule has 55 heavy (non-hydrogen) atoms. The zero-order chi connectivity index (χ0) is 36.1. The predicted octanol–water partition coefficient (Wildman–Crippen LogP) is 12.1. The van der Waals surface area contributed by atoms with Crippen molar-refractivity contribution in [2.75, 3.05) is 0 Å². The Morgan fingerprint density at radius 2 is 0.618 bits per heavy atom. The Morgan fingerprint density at radius 1 is 0.273 bits per heavy atom. The van der Waals surface area contributed by atoms with Crippen LogP contribution in [0.1, 0.15) is 44.5 Å². The van der Waals surface area contributed by atoms with Crippen LogP contribution in [0.5, 0.6) is 0 Å². The van der Waals surface area contributed by atoms with Gasteiger partial charge in [-0.15, -0.1) is 10.2 Å². The van der Waals surface area contributed by atoms with Gasteiger partial charge in [-0.25, -0.2) is 0 Å². The van der Waals surface area contributed by atoms with Crippen molar-refractivity contribution < 1.29 is 4.42 Å². The van der Waals surface area contributed by atoms with Crippen LogP contribution < -0.4 is 0 Å². The highest BCUT2D eigenvalue weighted by Crippen LogP contribution is 2.67. The van der Waals surface area contributed by atoms with Crippen molar-refractivity contribution in [2.45, 2.75) is 10.8 Å². The summed E-state index contributed by atoms with van der Waals surface area (Å²) in [6.45, 7) is 0. The van der Waals surface area contributed by atoms with Crippen LogP contribution in [0, 0.1) is 0 Å². The molecule has 0 unspecified atom stereocenters. The number of hydrogen-bond acceptors (Lipinski definition) is 3. The molecule has 0 atom stereocenters. The first-order valence-corrected chi connectivity index (χ1v) is 18.9. The van der Waals surface area contributed by atoms with Gasteiger partial charge in [-0.05, 0) is 108 Å². The minimum Gasteiger partial charge on any atom is -0.416 e. The summed E-state index contributed by atoms with van der Waals surface area (Å²) in [7, 11) is 0. The van der Waals surface area contributed by atoms with Crippen molar-refractivity contribution in [3.63, 3.8) is 0 Å². The van der Waals surface area contributed by atoms with E-state index < -0.39 is 10.8 Å². The molecule has 256 valence electrons. The maximum atomic E-state index is 6.13. The van der Waals surface area contributed by atoms with E-state index in [1.54, 1.807) is 0 Å². The van der Waals surface area contributed by atoms with Crippen molar-refractivity contribution in [3.05, 3.63) is 239 Å².